The molecule has 2 aliphatic rings. The molecule has 43 heavy (non-hydrogen) atoms. The quantitative estimate of drug-likeness (QED) is 0.394. The number of piperazine rings is 2. The number of hydrogen-bond acceptors (Lipinski definition) is 8. The second-order valence-electron chi connectivity index (χ2n) is 11.5. The fourth-order valence-corrected chi connectivity index (χ4v) is 5.21. The maximum Gasteiger partial charge on any atom is 0.238 e. The number of rotatable bonds is 9. The summed E-state index contributed by atoms with van der Waals surface area (Å²) in [7, 11) is 3.73. The zero-order valence-corrected chi connectivity index (χ0v) is 26.4. The number of nitrogens with one attached hydrogen (secondary N) is 2. The fraction of sp³-hybridized carbons (Fsp3) is 0.441. The Morgan fingerprint density at radius 2 is 1.63 bits per heavy atom. The van der Waals surface area contributed by atoms with Crippen molar-refractivity contribution in [3.63, 3.8) is 0 Å². The lowest BCUT2D eigenvalue weighted by molar-refractivity contribution is -0.116. The third-order valence-corrected chi connectivity index (χ3v) is 7.69. The average molecular weight is 585 g/mol. The summed E-state index contributed by atoms with van der Waals surface area (Å²) in [6, 6.07) is 18.4. The molecule has 0 atom stereocenters. The van der Waals surface area contributed by atoms with Gasteiger partial charge in [0.25, 0.3) is 0 Å². The van der Waals surface area contributed by atoms with Crippen LogP contribution in [0.2, 0.25) is 0 Å². The molecule has 0 unspecified atom stereocenters. The van der Waals surface area contributed by atoms with E-state index in [9.17, 15) is 4.79 Å². The van der Waals surface area contributed by atoms with Crippen LogP contribution in [0.5, 0.6) is 0 Å². The van der Waals surface area contributed by atoms with Crippen LogP contribution in [0, 0.1) is 6.92 Å². The summed E-state index contributed by atoms with van der Waals surface area (Å²) in [4.78, 5) is 29.6. The molecule has 3 heterocycles. The Hall–Kier alpha value is -3.79. The van der Waals surface area contributed by atoms with Crippen LogP contribution in [0.15, 0.2) is 73.1 Å². The minimum absolute atomic E-state index is 0.0249. The van der Waals surface area contributed by atoms with Gasteiger partial charge in [0.15, 0.2) is 0 Å². The maximum absolute atomic E-state index is 11.7. The largest absolute Gasteiger partial charge is 0.371 e. The summed E-state index contributed by atoms with van der Waals surface area (Å²) in [5.74, 6) is 0.805. The summed E-state index contributed by atoms with van der Waals surface area (Å²) in [5.41, 5.74) is 6.65. The van der Waals surface area contributed by atoms with E-state index in [0.717, 1.165) is 88.1 Å². The van der Waals surface area contributed by atoms with Crippen molar-refractivity contribution in [2.45, 2.75) is 20.3 Å². The molecule has 5 rings (SSSR count). The van der Waals surface area contributed by atoms with E-state index in [0.29, 0.717) is 6.54 Å². The molecule has 230 valence electrons. The van der Waals surface area contributed by atoms with Gasteiger partial charge in [-0.15, -0.1) is 0 Å². The molecular weight excluding hydrogens is 536 g/mol. The van der Waals surface area contributed by atoms with Crippen LogP contribution in [0.3, 0.4) is 0 Å². The van der Waals surface area contributed by atoms with Crippen molar-refractivity contribution in [1.82, 2.24) is 30.0 Å². The lowest BCUT2D eigenvalue weighted by atomic mass is 10.1. The predicted octanol–water partition coefficient (Wildman–Crippen LogP) is 3.74. The molecule has 0 spiro atoms. The van der Waals surface area contributed by atoms with E-state index >= 15 is 0 Å². The molecule has 0 saturated carbocycles. The molecule has 2 N–H and O–H groups in total. The molecule has 2 saturated heterocycles. The van der Waals surface area contributed by atoms with Crippen LogP contribution in [-0.2, 0) is 11.2 Å². The van der Waals surface area contributed by atoms with Gasteiger partial charge < -0.3 is 25.3 Å². The van der Waals surface area contributed by atoms with Crippen LogP contribution in [0.4, 0.5) is 11.4 Å². The second-order valence-corrected chi connectivity index (χ2v) is 11.5. The zero-order chi connectivity index (χ0) is 30.6. The van der Waals surface area contributed by atoms with Gasteiger partial charge in [-0.1, -0.05) is 43.3 Å². The topological polar surface area (TPSA) is 79.9 Å². The highest BCUT2D eigenvalue weighted by atomic mass is 16.2. The Labute approximate surface area is 257 Å². The number of benzene rings is 2. The van der Waals surface area contributed by atoms with Crippen molar-refractivity contribution in [3.05, 3.63) is 84.5 Å². The second kappa shape index (κ2) is 16.2. The zero-order valence-electron chi connectivity index (χ0n) is 26.4. The third-order valence-electron chi connectivity index (χ3n) is 7.69. The molecule has 3 aromatic rings. The van der Waals surface area contributed by atoms with E-state index in [1.165, 1.54) is 16.9 Å². The van der Waals surface area contributed by atoms with Crippen LogP contribution in [0.1, 0.15) is 18.3 Å². The number of aryl methyl sites for hydroxylation is 2. The average Bonchev–Trinajstić information content (AvgIpc) is 3.02. The molecule has 0 bridgehead atoms. The number of carbonyl (C=O) groups is 1. The van der Waals surface area contributed by atoms with E-state index in [4.69, 9.17) is 0 Å². The SMILES string of the molecule is C=C(CN1CCNCC1)N1CCN(c2ccc(C)cc2)CC1.CCc1nccc(-c2ccc(NC(=O)CN(C)C)cc2)n1. The Morgan fingerprint density at radius 1 is 0.953 bits per heavy atom. The molecular formula is C34H48N8O. The van der Waals surface area contributed by atoms with Gasteiger partial charge >= 0.3 is 0 Å². The normalized spacial score (nSPS) is 15.6. The van der Waals surface area contributed by atoms with Crippen LogP contribution >= 0.6 is 0 Å². The predicted molar refractivity (Wildman–Crippen MR) is 177 cm³/mol. The van der Waals surface area contributed by atoms with Crippen LogP contribution in [0.25, 0.3) is 11.3 Å². The number of amides is 1. The summed E-state index contributed by atoms with van der Waals surface area (Å²) >= 11 is 0. The van der Waals surface area contributed by atoms with E-state index in [-0.39, 0.29) is 5.91 Å². The van der Waals surface area contributed by atoms with Crippen LogP contribution < -0.4 is 15.5 Å². The first-order valence-electron chi connectivity index (χ1n) is 15.3. The van der Waals surface area contributed by atoms with Gasteiger partial charge in [0, 0.05) is 94.2 Å². The van der Waals surface area contributed by atoms with Crippen molar-refractivity contribution >= 4 is 17.3 Å². The Balaban J connectivity index is 0.000000197. The maximum atomic E-state index is 11.7. The van der Waals surface area contributed by atoms with Gasteiger partial charge in [-0.3, -0.25) is 9.69 Å². The fourth-order valence-electron chi connectivity index (χ4n) is 5.21. The van der Waals surface area contributed by atoms with Gasteiger partial charge in [-0.05, 0) is 51.4 Å². The van der Waals surface area contributed by atoms with Gasteiger partial charge in [0.05, 0.1) is 12.2 Å². The van der Waals surface area contributed by atoms with Gasteiger partial charge in [0.2, 0.25) is 5.91 Å². The highest BCUT2D eigenvalue weighted by molar-refractivity contribution is 5.92. The lowest BCUT2D eigenvalue weighted by Gasteiger charge is -2.40. The first kappa shape index (κ1) is 32.1. The monoisotopic (exact) mass is 584 g/mol. The first-order chi connectivity index (χ1) is 20.8. The van der Waals surface area contributed by atoms with Gasteiger partial charge in [-0.25, -0.2) is 9.97 Å². The Morgan fingerprint density at radius 3 is 2.26 bits per heavy atom. The lowest BCUT2D eigenvalue weighted by Crippen LogP contribution is -2.49. The minimum Gasteiger partial charge on any atom is -0.371 e. The molecule has 1 amide bonds. The van der Waals surface area contributed by atoms with E-state index < -0.39 is 0 Å². The molecule has 2 aliphatic heterocycles. The van der Waals surface area contributed by atoms with Crippen molar-refractivity contribution in [2.24, 2.45) is 0 Å². The number of hydrogen-bond donors (Lipinski definition) is 2. The van der Waals surface area contributed by atoms with Crippen LogP contribution in [-0.4, -0.2) is 110 Å². The van der Waals surface area contributed by atoms with E-state index in [1.807, 2.05) is 56.3 Å². The third kappa shape index (κ3) is 10.2. The van der Waals surface area contributed by atoms with Crippen molar-refractivity contribution in [1.29, 1.82) is 0 Å². The number of aromatic nitrogens is 2. The van der Waals surface area contributed by atoms with Gasteiger partial charge in [-0.2, -0.15) is 0 Å². The summed E-state index contributed by atoms with van der Waals surface area (Å²) in [6.45, 7) is 18.7. The summed E-state index contributed by atoms with van der Waals surface area (Å²) in [6.07, 6.45) is 2.58. The molecule has 1 aromatic heterocycles. The minimum atomic E-state index is -0.0249. The standard InChI is InChI=1S/C18H28N4.C16H20N4O/c1-16-3-5-18(6-4-16)22-13-11-21(12-14-22)17(2)15-20-9-7-19-8-10-20;1-4-15-17-10-9-14(19-15)12-5-7-13(8-6-12)18-16(21)11-20(2)3/h3-6,19H,2,7-15H2,1H3;5-10H,4,11H2,1-3H3,(H,18,21). The van der Waals surface area contributed by atoms with E-state index in [1.54, 1.807) is 6.20 Å². The van der Waals surface area contributed by atoms with Crippen molar-refractivity contribution in [3.8, 4) is 11.3 Å². The molecule has 2 fully saturated rings. The smallest absolute Gasteiger partial charge is 0.238 e. The summed E-state index contributed by atoms with van der Waals surface area (Å²) < 4.78 is 0. The molecule has 2 aromatic carbocycles. The van der Waals surface area contributed by atoms with Crippen molar-refractivity contribution < 1.29 is 4.79 Å². The molecule has 0 radical (unpaired) electrons. The molecule has 0 aliphatic carbocycles. The summed E-state index contributed by atoms with van der Waals surface area (Å²) in [5, 5.41) is 6.26. The molecule has 9 heteroatoms. The number of anilines is 2. The first-order valence-corrected chi connectivity index (χ1v) is 15.3. The molecule has 9 nitrogen and oxygen atoms in total. The Bertz CT molecular complexity index is 1290. The number of likely N-dealkylation sites (N-methyl/N-ethyl adjacent to an activating group) is 1. The highest BCUT2D eigenvalue weighted by Crippen LogP contribution is 2.20. The van der Waals surface area contributed by atoms with Gasteiger partial charge in [0.1, 0.15) is 5.82 Å². The highest BCUT2D eigenvalue weighted by Gasteiger charge is 2.20. The number of carbonyl (C=O) groups excluding carboxylic acids is 1. The van der Waals surface area contributed by atoms with Crippen molar-refractivity contribution in [2.75, 3.05) is 89.8 Å². The number of nitrogens with zero attached hydrogens (tertiary/aromatic N) is 6. The Kier molecular flexibility index (Phi) is 12.1. The van der Waals surface area contributed by atoms with E-state index in [2.05, 4.69) is 73.1 Å².